The van der Waals surface area contributed by atoms with E-state index in [0.29, 0.717) is 11.9 Å². The molecule has 2 aromatic heterocycles. The van der Waals surface area contributed by atoms with Gasteiger partial charge in [0.2, 0.25) is 0 Å². The molecular weight excluding hydrogens is 304 g/mol. The Morgan fingerprint density at radius 2 is 2.10 bits per heavy atom. The van der Waals surface area contributed by atoms with Crippen molar-refractivity contribution in [3.8, 4) is 0 Å². The summed E-state index contributed by atoms with van der Waals surface area (Å²) in [5.41, 5.74) is 0.982. The molecule has 1 unspecified atom stereocenters. The van der Waals surface area contributed by atoms with Crippen LogP contribution in [0.2, 0.25) is 0 Å². The van der Waals surface area contributed by atoms with Crippen molar-refractivity contribution in [2.24, 2.45) is 0 Å². The Morgan fingerprint density at radius 3 is 2.71 bits per heavy atom. The highest BCUT2D eigenvalue weighted by Gasteiger charge is 2.24. The summed E-state index contributed by atoms with van der Waals surface area (Å²) in [5.74, 6) is 1.57. The average molecular weight is 323 g/mol. The van der Waals surface area contributed by atoms with Gasteiger partial charge in [0.25, 0.3) is 0 Å². The lowest BCUT2D eigenvalue weighted by Gasteiger charge is -2.37. The van der Waals surface area contributed by atoms with Crippen molar-refractivity contribution in [3.63, 3.8) is 0 Å². The lowest BCUT2D eigenvalue weighted by molar-refractivity contribution is 0.198. The molecule has 0 spiro atoms. The van der Waals surface area contributed by atoms with Crippen LogP contribution in [0.25, 0.3) is 0 Å². The van der Waals surface area contributed by atoms with Gasteiger partial charge < -0.3 is 4.90 Å². The summed E-state index contributed by atoms with van der Waals surface area (Å²) in [6.07, 6.45) is 1.85. The van der Waals surface area contributed by atoms with Crippen molar-refractivity contribution in [1.29, 1.82) is 0 Å². The number of alkyl halides is 1. The highest BCUT2D eigenvalue weighted by molar-refractivity contribution is 7.09. The minimum absolute atomic E-state index is 0.359. The summed E-state index contributed by atoms with van der Waals surface area (Å²) in [5, 5.41) is 3.22. The molecule has 112 valence electrons. The van der Waals surface area contributed by atoms with E-state index in [1.165, 1.54) is 0 Å². The first kappa shape index (κ1) is 14.8. The largest absolute Gasteiger partial charge is 0.354 e. The molecule has 3 rings (SSSR count). The molecule has 1 aliphatic heterocycles. The van der Waals surface area contributed by atoms with Gasteiger partial charge in [-0.2, -0.15) is 0 Å². The first-order valence-corrected chi connectivity index (χ1v) is 8.59. The number of halogens is 1. The van der Waals surface area contributed by atoms with Crippen LogP contribution in [-0.2, 0) is 5.88 Å². The number of pyridine rings is 1. The van der Waals surface area contributed by atoms with Crippen molar-refractivity contribution in [2.75, 3.05) is 31.1 Å². The molecule has 0 saturated carbocycles. The molecule has 0 aliphatic carbocycles. The van der Waals surface area contributed by atoms with Gasteiger partial charge in [-0.3, -0.25) is 4.90 Å². The van der Waals surface area contributed by atoms with Crippen molar-refractivity contribution in [2.45, 2.75) is 18.8 Å². The number of thiazole rings is 1. The van der Waals surface area contributed by atoms with Crippen LogP contribution >= 0.6 is 22.9 Å². The predicted octanol–water partition coefficient (Wildman–Crippen LogP) is 3.16. The molecule has 0 N–H and O–H groups in total. The van der Waals surface area contributed by atoms with Crippen LogP contribution in [0.3, 0.4) is 0 Å². The van der Waals surface area contributed by atoms with Crippen molar-refractivity contribution < 1.29 is 0 Å². The second-order valence-electron chi connectivity index (χ2n) is 5.20. The van der Waals surface area contributed by atoms with E-state index < -0.39 is 0 Å². The molecule has 1 aliphatic rings. The number of hydrogen-bond donors (Lipinski definition) is 0. The quantitative estimate of drug-likeness (QED) is 0.809. The molecular formula is C15H19ClN4S. The fraction of sp³-hybridized carbons (Fsp3) is 0.467. The molecule has 0 bridgehead atoms. The summed E-state index contributed by atoms with van der Waals surface area (Å²) < 4.78 is 0. The van der Waals surface area contributed by atoms with E-state index >= 15 is 0 Å². The first-order chi connectivity index (χ1) is 10.3. The predicted molar refractivity (Wildman–Crippen MR) is 88.1 cm³/mol. The lowest BCUT2D eigenvalue weighted by atomic mass is 10.2. The fourth-order valence-electron chi connectivity index (χ4n) is 2.61. The Kier molecular flexibility index (Phi) is 4.73. The first-order valence-electron chi connectivity index (χ1n) is 7.18. The molecule has 1 atom stereocenters. The smallest absolute Gasteiger partial charge is 0.128 e. The summed E-state index contributed by atoms with van der Waals surface area (Å²) in [4.78, 5) is 13.9. The standard InChI is InChI=1S/C15H19ClN4S/c1-12(15-18-13(10-16)11-21-15)19-6-8-20(9-7-19)14-4-2-3-5-17-14/h2-5,11-12H,6-10H2,1H3. The third kappa shape index (κ3) is 3.36. The van der Waals surface area contributed by atoms with Crippen LogP contribution in [0, 0.1) is 0 Å². The molecule has 1 saturated heterocycles. The average Bonchev–Trinajstić information content (AvgIpc) is 3.04. The van der Waals surface area contributed by atoms with E-state index in [9.17, 15) is 0 Å². The third-order valence-electron chi connectivity index (χ3n) is 3.90. The summed E-state index contributed by atoms with van der Waals surface area (Å²) in [6.45, 7) is 6.32. The zero-order valence-corrected chi connectivity index (χ0v) is 13.6. The van der Waals surface area contributed by atoms with E-state index in [1.807, 2.05) is 18.3 Å². The van der Waals surface area contributed by atoms with Crippen LogP contribution in [0.5, 0.6) is 0 Å². The van der Waals surface area contributed by atoms with Gasteiger partial charge >= 0.3 is 0 Å². The van der Waals surface area contributed by atoms with E-state index in [4.69, 9.17) is 11.6 Å². The minimum Gasteiger partial charge on any atom is -0.354 e. The van der Waals surface area contributed by atoms with Gasteiger partial charge in [0.15, 0.2) is 0 Å². The van der Waals surface area contributed by atoms with Gasteiger partial charge in [0.1, 0.15) is 10.8 Å². The van der Waals surface area contributed by atoms with Crippen molar-refractivity contribution in [3.05, 3.63) is 40.5 Å². The topological polar surface area (TPSA) is 32.3 Å². The molecule has 0 radical (unpaired) electrons. The Morgan fingerprint density at radius 1 is 1.29 bits per heavy atom. The van der Waals surface area contributed by atoms with Crippen LogP contribution in [0.15, 0.2) is 29.8 Å². The maximum atomic E-state index is 5.83. The fourth-order valence-corrected chi connectivity index (χ4v) is 3.75. The highest BCUT2D eigenvalue weighted by atomic mass is 35.5. The van der Waals surface area contributed by atoms with Crippen LogP contribution in [0.1, 0.15) is 23.7 Å². The maximum absolute atomic E-state index is 5.83. The third-order valence-corrected chi connectivity index (χ3v) is 5.24. The van der Waals surface area contributed by atoms with Crippen molar-refractivity contribution in [1.82, 2.24) is 14.9 Å². The molecule has 0 amide bonds. The Labute approximate surface area is 134 Å². The SMILES string of the molecule is CC(c1nc(CCl)cs1)N1CCN(c2ccccn2)CC1. The molecule has 3 heterocycles. The van der Waals surface area contributed by atoms with Crippen LogP contribution in [-0.4, -0.2) is 41.0 Å². The van der Waals surface area contributed by atoms with E-state index in [2.05, 4.69) is 38.1 Å². The maximum Gasteiger partial charge on any atom is 0.128 e. The van der Waals surface area contributed by atoms with Gasteiger partial charge in [-0.25, -0.2) is 9.97 Å². The lowest BCUT2D eigenvalue weighted by Crippen LogP contribution is -2.47. The van der Waals surface area contributed by atoms with Gasteiger partial charge in [-0.15, -0.1) is 22.9 Å². The molecule has 1 fully saturated rings. The number of aromatic nitrogens is 2. The monoisotopic (exact) mass is 322 g/mol. The molecule has 2 aromatic rings. The van der Waals surface area contributed by atoms with Crippen LogP contribution < -0.4 is 4.90 Å². The number of rotatable bonds is 4. The Bertz CT molecular complexity index is 566. The van der Waals surface area contributed by atoms with Gasteiger partial charge in [-0.05, 0) is 19.1 Å². The van der Waals surface area contributed by atoms with Gasteiger partial charge in [0, 0.05) is 37.8 Å². The molecule has 6 heteroatoms. The van der Waals surface area contributed by atoms with E-state index in [1.54, 1.807) is 11.3 Å². The summed E-state index contributed by atoms with van der Waals surface area (Å²) in [6, 6.07) is 6.43. The zero-order chi connectivity index (χ0) is 14.7. The number of nitrogens with zero attached hydrogens (tertiary/aromatic N) is 4. The minimum atomic E-state index is 0.359. The Balaban J connectivity index is 1.60. The van der Waals surface area contributed by atoms with E-state index in [0.717, 1.165) is 42.7 Å². The van der Waals surface area contributed by atoms with Crippen LogP contribution in [0.4, 0.5) is 5.82 Å². The Hall–Kier alpha value is -1.17. The summed E-state index contributed by atoms with van der Waals surface area (Å²) in [7, 11) is 0. The molecule has 4 nitrogen and oxygen atoms in total. The zero-order valence-electron chi connectivity index (χ0n) is 12.1. The second kappa shape index (κ2) is 6.73. The molecule has 0 aromatic carbocycles. The second-order valence-corrected chi connectivity index (χ2v) is 6.35. The highest BCUT2D eigenvalue weighted by Crippen LogP contribution is 2.26. The van der Waals surface area contributed by atoms with E-state index in [-0.39, 0.29) is 0 Å². The molecule has 21 heavy (non-hydrogen) atoms. The normalized spacial score (nSPS) is 17.9. The van der Waals surface area contributed by atoms with Gasteiger partial charge in [-0.1, -0.05) is 6.07 Å². The number of hydrogen-bond acceptors (Lipinski definition) is 5. The summed E-state index contributed by atoms with van der Waals surface area (Å²) >= 11 is 7.54. The number of piperazine rings is 1. The number of anilines is 1. The van der Waals surface area contributed by atoms with Crippen molar-refractivity contribution >= 4 is 28.8 Å². The van der Waals surface area contributed by atoms with Gasteiger partial charge in [0.05, 0.1) is 17.6 Å².